The Hall–Kier alpha value is -4.58. The maximum Gasteiger partial charge on any atom is 0.257 e. The lowest BCUT2D eigenvalue weighted by Gasteiger charge is -2.12. The maximum absolute atomic E-state index is 12.9. The zero-order valence-corrected chi connectivity index (χ0v) is 18.0. The first-order chi connectivity index (χ1) is 16.0. The molecule has 2 amide bonds. The summed E-state index contributed by atoms with van der Waals surface area (Å²) in [5.74, 6) is 0.736. The molecule has 0 saturated heterocycles. The van der Waals surface area contributed by atoms with E-state index in [1.165, 1.54) is 0 Å². The average Bonchev–Trinajstić information content (AvgIpc) is 2.82. The second kappa shape index (κ2) is 9.70. The summed E-state index contributed by atoms with van der Waals surface area (Å²) in [6.45, 7) is 2.02. The molecule has 4 aromatic carbocycles. The van der Waals surface area contributed by atoms with Crippen LogP contribution in [-0.2, 0) is 0 Å². The summed E-state index contributed by atoms with van der Waals surface area (Å²) >= 11 is 0. The molecule has 0 aliphatic heterocycles. The van der Waals surface area contributed by atoms with Crippen LogP contribution >= 0.6 is 0 Å². The van der Waals surface area contributed by atoms with Gasteiger partial charge < -0.3 is 21.1 Å². The van der Waals surface area contributed by atoms with Crippen LogP contribution in [0.3, 0.4) is 0 Å². The van der Waals surface area contributed by atoms with E-state index < -0.39 is 0 Å². The molecule has 0 unspecified atom stereocenters. The normalized spacial score (nSPS) is 10.3. The van der Waals surface area contributed by atoms with Crippen LogP contribution in [0.4, 0.5) is 17.1 Å². The second-order valence-corrected chi connectivity index (χ2v) is 7.52. The Labute approximate surface area is 192 Å². The second-order valence-electron chi connectivity index (χ2n) is 7.52. The number of carbonyl (C=O) groups is 2. The van der Waals surface area contributed by atoms with Crippen LogP contribution in [0.1, 0.15) is 26.3 Å². The molecule has 164 valence electrons. The van der Waals surface area contributed by atoms with Crippen molar-refractivity contribution in [3.63, 3.8) is 0 Å². The summed E-state index contributed by atoms with van der Waals surface area (Å²) in [7, 11) is 0. The lowest BCUT2D eigenvalue weighted by atomic mass is 10.1. The van der Waals surface area contributed by atoms with Crippen molar-refractivity contribution in [2.75, 3.05) is 16.4 Å². The van der Waals surface area contributed by atoms with Crippen LogP contribution in [0.2, 0.25) is 0 Å². The molecular weight excluding hydrogens is 414 g/mol. The van der Waals surface area contributed by atoms with Crippen LogP contribution in [0.15, 0.2) is 97.1 Å². The molecule has 0 aromatic heterocycles. The first-order valence-corrected chi connectivity index (χ1v) is 10.4. The first kappa shape index (κ1) is 21.6. The van der Waals surface area contributed by atoms with Gasteiger partial charge in [-0.25, -0.2) is 0 Å². The fourth-order valence-corrected chi connectivity index (χ4v) is 3.17. The quantitative estimate of drug-likeness (QED) is 0.329. The summed E-state index contributed by atoms with van der Waals surface area (Å²) in [4.78, 5) is 25.5. The van der Waals surface area contributed by atoms with Gasteiger partial charge >= 0.3 is 0 Å². The molecule has 0 fully saturated rings. The van der Waals surface area contributed by atoms with Gasteiger partial charge in [-0.15, -0.1) is 0 Å². The van der Waals surface area contributed by atoms with Crippen molar-refractivity contribution >= 4 is 28.9 Å². The highest BCUT2D eigenvalue weighted by molar-refractivity contribution is 6.12. The van der Waals surface area contributed by atoms with Crippen LogP contribution in [0, 0.1) is 6.92 Å². The van der Waals surface area contributed by atoms with Crippen LogP contribution in [0.5, 0.6) is 11.5 Å². The summed E-state index contributed by atoms with van der Waals surface area (Å²) in [5.41, 5.74) is 9.22. The number of rotatable bonds is 6. The van der Waals surface area contributed by atoms with Crippen molar-refractivity contribution in [1.29, 1.82) is 0 Å². The van der Waals surface area contributed by atoms with Gasteiger partial charge in [-0.2, -0.15) is 0 Å². The third-order valence-corrected chi connectivity index (χ3v) is 4.96. The minimum absolute atomic E-state index is 0.326. The fourth-order valence-electron chi connectivity index (χ4n) is 3.17. The van der Waals surface area contributed by atoms with Gasteiger partial charge in [0, 0.05) is 16.9 Å². The van der Waals surface area contributed by atoms with Crippen LogP contribution in [0.25, 0.3) is 0 Å². The van der Waals surface area contributed by atoms with E-state index >= 15 is 0 Å². The molecule has 0 saturated carbocycles. The van der Waals surface area contributed by atoms with E-state index in [1.807, 2.05) is 31.2 Å². The van der Waals surface area contributed by atoms with Gasteiger partial charge in [0.05, 0.1) is 11.3 Å². The monoisotopic (exact) mass is 437 g/mol. The predicted molar refractivity (Wildman–Crippen MR) is 131 cm³/mol. The zero-order chi connectivity index (χ0) is 23.2. The highest BCUT2D eigenvalue weighted by atomic mass is 16.5. The molecule has 4 aromatic rings. The summed E-state index contributed by atoms with van der Waals surface area (Å²) < 4.78 is 5.82. The van der Waals surface area contributed by atoms with Crippen LogP contribution < -0.4 is 21.1 Å². The smallest absolute Gasteiger partial charge is 0.257 e. The average molecular weight is 437 g/mol. The first-order valence-electron chi connectivity index (χ1n) is 10.4. The number of ether oxygens (including phenoxy) is 1. The Bertz CT molecular complexity index is 1270. The fraction of sp³-hybridized carbons (Fsp3) is 0.0370. The molecule has 0 bridgehead atoms. The molecule has 4 rings (SSSR count). The van der Waals surface area contributed by atoms with Crippen molar-refractivity contribution in [3.8, 4) is 11.5 Å². The Morgan fingerprint density at radius 2 is 1.30 bits per heavy atom. The largest absolute Gasteiger partial charge is 0.457 e. The predicted octanol–water partition coefficient (Wildman–Crippen LogP) is 5.87. The minimum atomic E-state index is -0.338. The van der Waals surface area contributed by atoms with Gasteiger partial charge in [0.15, 0.2) is 0 Å². The number of nitrogens with one attached hydrogen (secondary N) is 2. The van der Waals surface area contributed by atoms with Gasteiger partial charge in [-0.3, -0.25) is 9.59 Å². The molecule has 4 N–H and O–H groups in total. The third-order valence-electron chi connectivity index (χ3n) is 4.96. The van der Waals surface area contributed by atoms with E-state index in [2.05, 4.69) is 10.6 Å². The highest BCUT2D eigenvalue weighted by Gasteiger charge is 2.14. The number of hydrogen-bond acceptors (Lipinski definition) is 4. The van der Waals surface area contributed by atoms with E-state index in [0.29, 0.717) is 33.9 Å². The Balaban J connectivity index is 1.43. The van der Waals surface area contributed by atoms with Crippen molar-refractivity contribution in [1.82, 2.24) is 0 Å². The lowest BCUT2D eigenvalue weighted by molar-refractivity contribution is 0.102. The Morgan fingerprint density at radius 1 is 0.697 bits per heavy atom. The summed E-state index contributed by atoms with van der Waals surface area (Å²) in [6.07, 6.45) is 0. The Kier molecular flexibility index (Phi) is 6.36. The number of aryl methyl sites for hydroxylation is 1. The van der Waals surface area contributed by atoms with Gasteiger partial charge in [0.2, 0.25) is 0 Å². The molecule has 6 nitrogen and oxygen atoms in total. The Morgan fingerprint density at radius 3 is 1.97 bits per heavy atom. The summed E-state index contributed by atoms with van der Waals surface area (Å²) in [5, 5.41) is 5.65. The highest BCUT2D eigenvalue weighted by Crippen LogP contribution is 2.24. The number of benzene rings is 4. The van der Waals surface area contributed by atoms with Crippen molar-refractivity contribution in [2.24, 2.45) is 0 Å². The number of anilines is 3. The van der Waals surface area contributed by atoms with Gasteiger partial charge in [-0.05, 0) is 79.7 Å². The molecule has 0 heterocycles. The standard InChI is InChI=1S/C27H23N3O3/c1-18-6-14-22(15-7-18)33-23-16-12-21(13-17-23)29-27(32)24-4-2-3-5-25(24)30-26(31)19-8-10-20(28)11-9-19/h2-17H,28H2,1H3,(H,29,32)(H,30,31). The van der Waals surface area contributed by atoms with E-state index in [1.54, 1.807) is 72.8 Å². The number of nitrogen functional groups attached to an aromatic ring is 1. The van der Waals surface area contributed by atoms with E-state index in [9.17, 15) is 9.59 Å². The molecule has 0 aliphatic rings. The molecule has 0 spiro atoms. The van der Waals surface area contributed by atoms with Crippen molar-refractivity contribution in [3.05, 3.63) is 114 Å². The van der Waals surface area contributed by atoms with Gasteiger partial charge in [0.1, 0.15) is 11.5 Å². The summed E-state index contributed by atoms with van der Waals surface area (Å²) in [6, 6.07) is 28.3. The van der Waals surface area contributed by atoms with Crippen molar-refractivity contribution < 1.29 is 14.3 Å². The SMILES string of the molecule is Cc1ccc(Oc2ccc(NC(=O)c3ccccc3NC(=O)c3ccc(N)cc3)cc2)cc1. The number of amides is 2. The molecule has 0 atom stereocenters. The molecule has 6 heteroatoms. The van der Waals surface area contributed by atoms with E-state index in [-0.39, 0.29) is 11.8 Å². The molecule has 0 radical (unpaired) electrons. The minimum Gasteiger partial charge on any atom is -0.457 e. The maximum atomic E-state index is 12.9. The zero-order valence-electron chi connectivity index (χ0n) is 18.0. The number of para-hydroxylation sites is 1. The molecule has 0 aliphatic carbocycles. The number of carbonyl (C=O) groups excluding carboxylic acids is 2. The van der Waals surface area contributed by atoms with Gasteiger partial charge in [-0.1, -0.05) is 29.8 Å². The molecular formula is C27H23N3O3. The van der Waals surface area contributed by atoms with Crippen LogP contribution in [-0.4, -0.2) is 11.8 Å². The van der Waals surface area contributed by atoms with E-state index in [4.69, 9.17) is 10.5 Å². The topological polar surface area (TPSA) is 93.5 Å². The van der Waals surface area contributed by atoms with E-state index in [0.717, 1.165) is 11.3 Å². The van der Waals surface area contributed by atoms with Crippen molar-refractivity contribution in [2.45, 2.75) is 6.92 Å². The molecule has 33 heavy (non-hydrogen) atoms. The number of nitrogens with two attached hydrogens (primary N) is 1. The third kappa shape index (κ3) is 5.57. The number of hydrogen-bond donors (Lipinski definition) is 3. The lowest BCUT2D eigenvalue weighted by Crippen LogP contribution is -2.18. The van der Waals surface area contributed by atoms with Gasteiger partial charge in [0.25, 0.3) is 11.8 Å².